The number of fused-ring (bicyclic) bond motifs is 1. The Kier molecular flexibility index (Phi) is 2.48. The van der Waals surface area contributed by atoms with Crippen LogP contribution in [0.4, 0.5) is 4.39 Å². The predicted octanol–water partition coefficient (Wildman–Crippen LogP) is 3.03. The van der Waals surface area contributed by atoms with Crippen LogP contribution in [0, 0.1) is 5.82 Å². The van der Waals surface area contributed by atoms with Crippen LogP contribution < -0.4 is 9.47 Å². The molecule has 0 N–H and O–H groups in total. The zero-order valence-corrected chi connectivity index (χ0v) is 9.35. The van der Waals surface area contributed by atoms with Crippen molar-refractivity contribution >= 4 is 6.29 Å². The molecule has 0 saturated heterocycles. The lowest BCUT2D eigenvalue weighted by Gasteiger charge is -2.08. The number of benzene rings is 2. The van der Waals surface area contributed by atoms with Gasteiger partial charge in [-0.2, -0.15) is 0 Å². The van der Waals surface area contributed by atoms with Crippen molar-refractivity contribution in [3.63, 3.8) is 0 Å². The highest BCUT2D eigenvalue weighted by atomic mass is 19.1. The predicted molar refractivity (Wildman–Crippen MR) is 63.3 cm³/mol. The van der Waals surface area contributed by atoms with Gasteiger partial charge in [0.1, 0.15) is 5.82 Å². The summed E-state index contributed by atoms with van der Waals surface area (Å²) in [5.74, 6) is 0.516. The molecular weight excluding hydrogens is 235 g/mol. The topological polar surface area (TPSA) is 35.5 Å². The molecule has 0 spiro atoms. The van der Waals surface area contributed by atoms with Gasteiger partial charge in [0.15, 0.2) is 17.8 Å². The van der Waals surface area contributed by atoms with Gasteiger partial charge in [-0.1, -0.05) is 18.2 Å². The third kappa shape index (κ3) is 1.54. The molecule has 18 heavy (non-hydrogen) atoms. The van der Waals surface area contributed by atoms with E-state index < -0.39 is 0 Å². The number of hydrogen-bond donors (Lipinski definition) is 0. The lowest BCUT2D eigenvalue weighted by Crippen LogP contribution is -1.95. The van der Waals surface area contributed by atoms with Crippen molar-refractivity contribution in [2.75, 3.05) is 6.79 Å². The first-order valence-electron chi connectivity index (χ1n) is 5.44. The highest BCUT2D eigenvalue weighted by Gasteiger charge is 2.22. The standard InChI is InChI=1S/C14H9FO3/c15-12-4-2-1-3-10(12)9-5-6-13-14(11(9)7-16)18-8-17-13/h1-7H,8H2. The van der Waals surface area contributed by atoms with E-state index in [1.54, 1.807) is 30.3 Å². The van der Waals surface area contributed by atoms with Crippen LogP contribution in [0.15, 0.2) is 36.4 Å². The van der Waals surface area contributed by atoms with Crippen LogP contribution in [-0.2, 0) is 0 Å². The first-order valence-corrected chi connectivity index (χ1v) is 5.44. The van der Waals surface area contributed by atoms with Crippen LogP contribution in [0.25, 0.3) is 11.1 Å². The molecule has 0 fully saturated rings. The molecule has 4 heteroatoms. The highest BCUT2D eigenvalue weighted by Crippen LogP contribution is 2.40. The van der Waals surface area contributed by atoms with Crippen molar-refractivity contribution in [1.29, 1.82) is 0 Å². The van der Waals surface area contributed by atoms with E-state index in [1.807, 2.05) is 0 Å². The molecule has 0 bridgehead atoms. The largest absolute Gasteiger partial charge is 0.454 e. The number of halogens is 1. The molecule has 0 aliphatic carbocycles. The first kappa shape index (κ1) is 10.8. The quantitative estimate of drug-likeness (QED) is 0.762. The summed E-state index contributed by atoms with van der Waals surface area (Å²) in [6.45, 7) is 0.0803. The fourth-order valence-corrected chi connectivity index (χ4v) is 2.03. The summed E-state index contributed by atoms with van der Waals surface area (Å²) in [5, 5.41) is 0. The van der Waals surface area contributed by atoms with Crippen molar-refractivity contribution in [3.8, 4) is 22.6 Å². The number of ether oxygens (including phenoxy) is 2. The van der Waals surface area contributed by atoms with Crippen LogP contribution in [0.3, 0.4) is 0 Å². The molecule has 3 rings (SSSR count). The number of hydrogen-bond acceptors (Lipinski definition) is 3. The van der Waals surface area contributed by atoms with E-state index in [1.165, 1.54) is 6.07 Å². The average molecular weight is 244 g/mol. The SMILES string of the molecule is O=Cc1c(-c2ccccc2F)ccc2c1OCO2. The average Bonchev–Trinajstić information content (AvgIpc) is 2.86. The number of carbonyl (C=O) groups is 1. The van der Waals surface area contributed by atoms with Gasteiger partial charge in [0, 0.05) is 5.56 Å². The Balaban J connectivity index is 2.25. The van der Waals surface area contributed by atoms with E-state index >= 15 is 0 Å². The summed E-state index contributed by atoms with van der Waals surface area (Å²) in [5.41, 5.74) is 1.19. The molecule has 2 aromatic rings. The Bertz CT molecular complexity index is 622. The van der Waals surface area contributed by atoms with Gasteiger partial charge in [-0.15, -0.1) is 0 Å². The Morgan fingerprint density at radius 3 is 2.67 bits per heavy atom. The lowest BCUT2D eigenvalue weighted by atomic mass is 9.99. The fraction of sp³-hybridized carbons (Fsp3) is 0.0714. The van der Waals surface area contributed by atoms with Crippen LogP contribution in [0.2, 0.25) is 0 Å². The summed E-state index contributed by atoms with van der Waals surface area (Å²) in [6, 6.07) is 9.64. The second-order valence-corrected chi connectivity index (χ2v) is 3.86. The molecule has 1 heterocycles. The normalized spacial score (nSPS) is 12.5. The van der Waals surface area contributed by atoms with Crippen LogP contribution in [0.5, 0.6) is 11.5 Å². The molecular formula is C14H9FO3. The maximum atomic E-state index is 13.8. The van der Waals surface area contributed by atoms with Gasteiger partial charge in [-0.25, -0.2) is 4.39 Å². The molecule has 1 aliphatic rings. The van der Waals surface area contributed by atoms with Gasteiger partial charge in [0.25, 0.3) is 0 Å². The summed E-state index contributed by atoms with van der Waals surface area (Å²) < 4.78 is 24.2. The second kappa shape index (κ2) is 4.14. The lowest BCUT2D eigenvalue weighted by molar-refractivity contribution is 0.111. The van der Waals surface area contributed by atoms with E-state index in [9.17, 15) is 9.18 Å². The zero-order valence-electron chi connectivity index (χ0n) is 9.35. The number of aldehydes is 1. The molecule has 0 unspecified atom stereocenters. The van der Waals surface area contributed by atoms with Crippen molar-refractivity contribution < 1.29 is 18.7 Å². The molecule has 0 aromatic heterocycles. The molecule has 0 saturated carbocycles. The van der Waals surface area contributed by atoms with E-state index in [4.69, 9.17) is 9.47 Å². The maximum Gasteiger partial charge on any atom is 0.231 e. The van der Waals surface area contributed by atoms with Crippen molar-refractivity contribution in [2.24, 2.45) is 0 Å². The summed E-state index contributed by atoms with van der Waals surface area (Å²) in [7, 11) is 0. The monoisotopic (exact) mass is 244 g/mol. The van der Waals surface area contributed by atoms with E-state index in [2.05, 4.69) is 0 Å². The van der Waals surface area contributed by atoms with Crippen molar-refractivity contribution in [1.82, 2.24) is 0 Å². The van der Waals surface area contributed by atoms with Crippen molar-refractivity contribution in [3.05, 3.63) is 47.8 Å². The molecule has 90 valence electrons. The number of rotatable bonds is 2. The molecule has 0 amide bonds. The minimum Gasteiger partial charge on any atom is -0.454 e. The third-order valence-electron chi connectivity index (χ3n) is 2.86. The van der Waals surface area contributed by atoms with E-state index in [0.29, 0.717) is 34.5 Å². The van der Waals surface area contributed by atoms with Crippen LogP contribution in [-0.4, -0.2) is 13.1 Å². The fourth-order valence-electron chi connectivity index (χ4n) is 2.03. The number of carbonyl (C=O) groups excluding carboxylic acids is 1. The van der Waals surface area contributed by atoms with Crippen LogP contribution in [0.1, 0.15) is 10.4 Å². The molecule has 2 aromatic carbocycles. The minimum absolute atomic E-state index is 0.0803. The minimum atomic E-state index is -0.375. The molecule has 3 nitrogen and oxygen atoms in total. The van der Waals surface area contributed by atoms with Crippen molar-refractivity contribution in [2.45, 2.75) is 0 Å². The Morgan fingerprint density at radius 1 is 1.06 bits per heavy atom. The van der Waals surface area contributed by atoms with E-state index in [-0.39, 0.29) is 12.6 Å². The smallest absolute Gasteiger partial charge is 0.231 e. The van der Waals surface area contributed by atoms with Crippen LogP contribution >= 0.6 is 0 Å². The zero-order chi connectivity index (χ0) is 12.5. The first-order chi connectivity index (χ1) is 8.81. The third-order valence-corrected chi connectivity index (χ3v) is 2.86. The summed E-state index contributed by atoms with van der Waals surface area (Å²) >= 11 is 0. The molecule has 0 atom stereocenters. The summed E-state index contributed by atoms with van der Waals surface area (Å²) in [6.07, 6.45) is 0.662. The van der Waals surface area contributed by atoms with E-state index in [0.717, 1.165) is 0 Å². The summed E-state index contributed by atoms with van der Waals surface area (Å²) in [4.78, 5) is 11.2. The molecule has 0 radical (unpaired) electrons. The maximum absolute atomic E-state index is 13.8. The Morgan fingerprint density at radius 2 is 1.89 bits per heavy atom. The van der Waals surface area contributed by atoms with Gasteiger partial charge in [0.05, 0.1) is 5.56 Å². The second-order valence-electron chi connectivity index (χ2n) is 3.86. The van der Waals surface area contributed by atoms with Gasteiger partial charge in [-0.05, 0) is 23.8 Å². The Hall–Kier alpha value is -2.36. The Labute approximate surface area is 103 Å². The van der Waals surface area contributed by atoms with Gasteiger partial charge < -0.3 is 9.47 Å². The van der Waals surface area contributed by atoms with Gasteiger partial charge in [-0.3, -0.25) is 4.79 Å². The molecule has 1 aliphatic heterocycles. The highest BCUT2D eigenvalue weighted by molar-refractivity contribution is 5.92. The van der Waals surface area contributed by atoms with Gasteiger partial charge >= 0.3 is 0 Å². The van der Waals surface area contributed by atoms with Gasteiger partial charge in [0.2, 0.25) is 6.79 Å².